The molecule has 0 unspecified atom stereocenters. The number of aromatic nitrogens is 1. The van der Waals surface area contributed by atoms with Crippen LogP contribution in [0.5, 0.6) is 0 Å². The molecule has 4 heteroatoms. The second-order valence-electron chi connectivity index (χ2n) is 2.48. The maximum Gasteiger partial charge on any atom is 0.146 e. The molecule has 0 atom stereocenters. The van der Waals surface area contributed by atoms with Gasteiger partial charge in [0.15, 0.2) is 0 Å². The normalized spacial score (nSPS) is 10.9. The topological polar surface area (TPSA) is 12.9 Å². The first-order valence-electron chi connectivity index (χ1n) is 3.39. The fourth-order valence-corrected chi connectivity index (χ4v) is 2.97. The first kappa shape index (κ1) is 8.48. The maximum atomic E-state index is 5.92. The third-order valence-electron chi connectivity index (χ3n) is 1.75. The minimum Gasteiger partial charge on any atom is -0.243 e. The Morgan fingerprint density at radius 3 is 3.00 bits per heavy atom. The van der Waals surface area contributed by atoms with Gasteiger partial charge in [0.05, 0.1) is 8.49 Å². The van der Waals surface area contributed by atoms with Crippen LogP contribution < -0.4 is 0 Å². The van der Waals surface area contributed by atoms with Crippen molar-refractivity contribution in [3.63, 3.8) is 0 Å². The van der Waals surface area contributed by atoms with Crippen LogP contribution in [0.25, 0.3) is 10.1 Å². The predicted molar refractivity (Wildman–Crippen MR) is 57.1 cm³/mol. The summed E-state index contributed by atoms with van der Waals surface area (Å²) in [6, 6.07) is 1.98. The highest BCUT2D eigenvalue weighted by Gasteiger charge is 2.08. The van der Waals surface area contributed by atoms with Gasteiger partial charge in [-0.25, -0.2) is 4.98 Å². The van der Waals surface area contributed by atoms with Crippen molar-refractivity contribution < 1.29 is 0 Å². The number of aryl methyl sites for hydroxylation is 1. The largest absolute Gasteiger partial charge is 0.243 e. The van der Waals surface area contributed by atoms with E-state index in [-0.39, 0.29) is 0 Å². The second-order valence-corrected chi connectivity index (χ2v) is 5.18. The van der Waals surface area contributed by atoms with Crippen LogP contribution in [0.3, 0.4) is 0 Å². The number of thiophene rings is 1. The van der Waals surface area contributed by atoms with Gasteiger partial charge in [0.2, 0.25) is 0 Å². The summed E-state index contributed by atoms with van der Waals surface area (Å²) in [6.45, 7) is 2.07. The zero-order valence-electron chi connectivity index (χ0n) is 6.27. The zero-order valence-corrected chi connectivity index (χ0v) is 9.42. The molecule has 2 rings (SSSR count). The van der Waals surface area contributed by atoms with Crippen molar-refractivity contribution in [1.82, 2.24) is 4.98 Å². The van der Waals surface area contributed by atoms with Crippen molar-refractivity contribution in [2.75, 3.05) is 0 Å². The van der Waals surface area contributed by atoms with Crippen LogP contribution in [0.2, 0.25) is 5.15 Å². The van der Waals surface area contributed by atoms with Crippen molar-refractivity contribution in [3.05, 3.63) is 26.8 Å². The molecule has 0 saturated heterocycles. The lowest BCUT2D eigenvalue weighted by Gasteiger charge is -1.91. The van der Waals surface area contributed by atoms with E-state index in [1.807, 2.05) is 6.07 Å². The van der Waals surface area contributed by atoms with Gasteiger partial charge in [0.1, 0.15) is 5.15 Å². The van der Waals surface area contributed by atoms with Gasteiger partial charge in [-0.05, 0) is 34.5 Å². The third-order valence-corrected chi connectivity index (χ3v) is 4.33. The maximum absolute atomic E-state index is 5.92. The third kappa shape index (κ3) is 1.16. The van der Waals surface area contributed by atoms with E-state index in [1.165, 1.54) is 10.9 Å². The van der Waals surface area contributed by atoms with Crippen LogP contribution >= 0.6 is 38.9 Å². The Morgan fingerprint density at radius 1 is 1.58 bits per heavy atom. The van der Waals surface area contributed by atoms with Gasteiger partial charge in [0.25, 0.3) is 0 Å². The number of hydrogen-bond acceptors (Lipinski definition) is 2. The number of rotatable bonds is 0. The quantitative estimate of drug-likeness (QED) is 0.654. The summed E-state index contributed by atoms with van der Waals surface area (Å²) in [7, 11) is 0. The molecule has 12 heavy (non-hydrogen) atoms. The molecule has 0 aromatic carbocycles. The smallest absolute Gasteiger partial charge is 0.146 e. The molecule has 1 nitrogen and oxygen atoms in total. The molecule has 0 aliphatic rings. The van der Waals surface area contributed by atoms with E-state index in [0.29, 0.717) is 5.15 Å². The van der Waals surface area contributed by atoms with Crippen LogP contribution in [-0.2, 0) is 0 Å². The average Bonchev–Trinajstić information content (AvgIpc) is 2.32. The number of halogens is 2. The van der Waals surface area contributed by atoms with E-state index in [2.05, 4.69) is 27.8 Å². The van der Waals surface area contributed by atoms with Crippen molar-refractivity contribution in [2.45, 2.75) is 6.92 Å². The van der Waals surface area contributed by atoms with Gasteiger partial charge < -0.3 is 0 Å². The number of nitrogens with zero attached hydrogens (tertiary/aromatic N) is 1. The van der Waals surface area contributed by atoms with Crippen molar-refractivity contribution in [2.24, 2.45) is 0 Å². The summed E-state index contributed by atoms with van der Waals surface area (Å²) in [5, 5.41) is 1.78. The molecular weight excluding hydrogens is 258 g/mol. The van der Waals surface area contributed by atoms with Gasteiger partial charge in [-0.2, -0.15) is 0 Å². The molecule has 0 bridgehead atoms. The molecule has 0 saturated carbocycles. The Bertz CT molecular complexity index is 438. The Labute approximate surface area is 87.5 Å². The Morgan fingerprint density at radius 2 is 2.33 bits per heavy atom. The van der Waals surface area contributed by atoms with E-state index >= 15 is 0 Å². The Balaban J connectivity index is 2.95. The molecule has 0 N–H and O–H groups in total. The van der Waals surface area contributed by atoms with Gasteiger partial charge in [-0.1, -0.05) is 11.6 Å². The fraction of sp³-hybridized carbons (Fsp3) is 0.125. The van der Waals surface area contributed by atoms with Gasteiger partial charge in [0, 0.05) is 11.6 Å². The van der Waals surface area contributed by atoms with Crippen LogP contribution in [0, 0.1) is 6.92 Å². The Kier molecular flexibility index (Phi) is 2.10. The summed E-state index contributed by atoms with van der Waals surface area (Å²) < 4.78 is 2.19. The van der Waals surface area contributed by atoms with Crippen LogP contribution in [0.4, 0.5) is 0 Å². The molecular formula is C8H5BrClNS. The Hall–Kier alpha value is -0.120. The highest BCUT2D eigenvalue weighted by atomic mass is 79.9. The van der Waals surface area contributed by atoms with Crippen LogP contribution in [0.15, 0.2) is 16.0 Å². The van der Waals surface area contributed by atoms with E-state index in [1.54, 1.807) is 17.5 Å². The summed E-state index contributed by atoms with van der Waals surface area (Å²) in [4.78, 5) is 4.02. The monoisotopic (exact) mass is 261 g/mol. The standard InChI is InChI=1S/C8H5BrClNS/c1-4-5-2-3-11-8(10)6(5)12-7(4)9/h2-3H,1H3. The second kappa shape index (κ2) is 2.98. The van der Waals surface area contributed by atoms with E-state index < -0.39 is 0 Å². The molecule has 2 heterocycles. The van der Waals surface area contributed by atoms with E-state index in [4.69, 9.17) is 11.6 Å². The van der Waals surface area contributed by atoms with Crippen LogP contribution in [0.1, 0.15) is 5.56 Å². The highest BCUT2D eigenvalue weighted by Crippen LogP contribution is 2.37. The molecule has 2 aromatic heterocycles. The first-order chi connectivity index (χ1) is 5.70. The lowest BCUT2D eigenvalue weighted by atomic mass is 10.2. The minimum atomic E-state index is 0.589. The fourth-order valence-electron chi connectivity index (χ4n) is 1.09. The molecule has 2 aromatic rings. The molecule has 0 fully saturated rings. The SMILES string of the molecule is Cc1c(Br)sc2c(Cl)nccc12. The number of pyridine rings is 1. The zero-order chi connectivity index (χ0) is 8.72. The van der Waals surface area contributed by atoms with Crippen molar-refractivity contribution in [1.29, 1.82) is 0 Å². The summed E-state index contributed by atoms with van der Waals surface area (Å²) in [6.07, 6.45) is 1.73. The summed E-state index contributed by atoms with van der Waals surface area (Å²) in [5.41, 5.74) is 1.24. The van der Waals surface area contributed by atoms with Crippen molar-refractivity contribution in [3.8, 4) is 0 Å². The van der Waals surface area contributed by atoms with Crippen molar-refractivity contribution >= 4 is 49.0 Å². The lowest BCUT2D eigenvalue weighted by molar-refractivity contribution is 1.37. The van der Waals surface area contributed by atoms with Gasteiger partial charge in [-0.15, -0.1) is 11.3 Å². The molecule has 0 radical (unpaired) electrons. The van der Waals surface area contributed by atoms with Gasteiger partial charge >= 0.3 is 0 Å². The molecule has 0 aliphatic carbocycles. The average molecular weight is 263 g/mol. The first-order valence-corrected chi connectivity index (χ1v) is 5.38. The molecule has 0 amide bonds. The van der Waals surface area contributed by atoms with Crippen LogP contribution in [-0.4, -0.2) is 4.98 Å². The minimum absolute atomic E-state index is 0.589. The lowest BCUT2D eigenvalue weighted by Crippen LogP contribution is -1.73. The van der Waals surface area contributed by atoms with Gasteiger partial charge in [-0.3, -0.25) is 0 Å². The van der Waals surface area contributed by atoms with E-state index in [0.717, 1.165) is 8.49 Å². The number of hydrogen-bond donors (Lipinski definition) is 0. The molecule has 0 spiro atoms. The molecule has 0 aliphatic heterocycles. The summed E-state index contributed by atoms with van der Waals surface area (Å²) >= 11 is 11.0. The van der Waals surface area contributed by atoms with E-state index in [9.17, 15) is 0 Å². The highest BCUT2D eigenvalue weighted by molar-refractivity contribution is 9.11. The predicted octanol–water partition coefficient (Wildman–Crippen LogP) is 4.02. The summed E-state index contributed by atoms with van der Waals surface area (Å²) in [5.74, 6) is 0. The number of fused-ring (bicyclic) bond motifs is 1. The molecule has 62 valence electrons.